The smallest absolute Gasteiger partial charge is 0.326 e. The minimum absolute atomic E-state index is 0.0825. The number of aliphatic hydroxyl groups is 1. The number of aliphatic carboxylic acids is 1. The summed E-state index contributed by atoms with van der Waals surface area (Å²) in [6.07, 6.45) is -1.60. The molecule has 1 heterocycles. The van der Waals surface area contributed by atoms with Gasteiger partial charge in [-0.25, -0.2) is 13.6 Å². The van der Waals surface area contributed by atoms with Crippen molar-refractivity contribution in [2.75, 3.05) is 6.54 Å². The normalized spacial score (nSPS) is 22.1. The standard InChI is InChI=1S/C13H13F2NO4/c14-9-2-1-3-10(15)8(9)5-12(18)16-6-7(17)4-11(16)13(19)20/h1-3,7,11,17H,4-6H2,(H,19,20). The maximum Gasteiger partial charge on any atom is 0.326 e. The summed E-state index contributed by atoms with van der Waals surface area (Å²) in [4.78, 5) is 23.9. The Hall–Kier alpha value is -2.02. The van der Waals surface area contributed by atoms with Crippen LogP contribution in [-0.4, -0.2) is 45.7 Å². The third kappa shape index (κ3) is 2.77. The summed E-state index contributed by atoms with van der Waals surface area (Å²) in [6.45, 7) is -0.147. The van der Waals surface area contributed by atoms with Crippen molar-refractivity contribution < 1.29 is 28.6 Å². The Morgan fingerprint density at radius 3 is 2.45 bits per heavy atom. The number of hydrogen-bond acceptors (Lipinski definition) is 3. The number of likely N-dealkylation sites (tertiary alicyclic amines) is 1. The van der Waals surface area contributed by atoms with Crippen LogP contribution in [0.25, 0.3) is 0 Å². The predicted octanol–water partition coefficient (Wildman–Crippen LogP) is 0.554. The summed E-state index contributed by atoms with van der Waals surface area (Å²) in [7, 11) is 0. The zero-order valence-electron chi connectivity index (χ0n) is 10.4. The Morgan fingerprint density at radius 1 is 1.30 bits per heavy atom. The Balaban J connectivity index is 2.18. The molecular formula is C13H13F2NO4. The fourth-order valence-corrected chi connectivity index (χ4v) is 2.28. The topological polar surface area (TPSA) is 77.8 Å². The number of carboxylic acids is 1. The molecule has 1 aliphatic rings. The van der Waals surface area contributed by atoms with E-state index >= 15 is 0 Å². The lowest BCUT2D eigenvalue weighted by atomic mass is 10.1. The highest BCUT2D eigenvalue weighted by Gasteiger charge is 2.39. The average Bonchev–Trinajstić information content (AvgIpc) is 2.76. The molecule has 1 aromatic carbocycles. The highest BCUT2D eigenvalue weighted by molar-refractivity contribution is 5.85. The van der Waals surface area contributed by atoms with Gasteiger partial charge in [-0.05, 0) is 12.1 Å². The second-order valence-corrected chi connectivity index (χ2v) is 4.67. The third-order valence-corrected chi connectivity index (χ3v) is 3.27. The van der Waals surface area contributed by atoms with Crippen LogP contribution in [0, 0.1) is 11.6 Å². The first-order valence-electron chi connectivity index (χ1n) is 6.03. The van der Waals surface area contributed by atoms with Gasteiger partial charge in [0.1, 0.15) is 17.7 Å². The molecular weight excluding hydrogens is 272 g/mol. The summed E-state index contributed by atoms with van der Waals surface area (Å²) in [5.74, 6) is -3.68. The maximum absolute atomic E-state index is 13.5. The first-order chi connectivity index (χ1) is 9.40. The number of carboxylic acid groups (broad SMARTS) is 1. The van der Waals surface area contributed by atoms with Gasteiger partial charge in [0.2, 0.25) is 5.91 Å². The SMILES string of the molecule is O=C(O)C1CC(O)CN1C(=O)Cc1c(F)cccc1F. The molecule has 7 heteroatoms. The van der Waals surface area contributed by atoms with Crippen molar-refractivity contribution in [2.24, 2.45) is 0 Å². The number of benzene rings is 1. The van der Waals surface area contributed by atoms with Gasteiger partial charge in [0.25, 0.3) is 0 Å². The number of β-amino-alcohol motifs (C(OH)–C–C–N with tert-alkyl or cyclic N) is 1. The van der Waals surface area contributed by atoms with E-state index in [-0.39, 0.29) is 13.0 Å². The number of hydrogen-bond donors (Lipinski definition) is 2. The van der Waals surface area contributed by atoms with Crippen LogP contribution in [0.15, 0.2) is 18.2 Å². The van der Waals surface area contributed by atoms with Crippen LogP contribution in [0.4, 0.5) is 8.78 Å². The molecule has 1 amide bonds. The molecule has 0 radical (unpaired) electrons. The van der Waals surface area contributed by atoms with E-state index in [0.29, 0.717) is 0 Å². The molecule has 2 unspecified atom stereocenters. The van der Waals surface area contributed by atoms with Crippen molar-refractivity contribution in [3.8, 4) is 0 Å². The van der Waals surface area contributed by atoms with Gasteiger partial charge in [-0.1, -0.05) is 6.07 Å². The van der Waals surface area contributed by atoms with Crippen molar-refractivity contribution in [3.63, 3.8) is 0 Å². The number of amides is 1. The van der Waals surface area contributed by atoms with Crippen molar-refractivity contribution in [2.45, 2.75) is 25.0 Å². The van der Waals surface area contributed by atoms with E-state index in [9.17, 15) is 23.5 Å². The zero-order chi connectivity index (χ0) is 14.9. The summed E-state index contributed by atoms with van der Waals surface area (Å²) in [5.41, 5.74) is -0.400. The van der Waals surface area contributed by atoms with Gasteiger partial charge in [-0.3, -0.25) is 4.79 Å². The minimum atomic E-state index is -1.25. The lowest BCUT2D eigenvalue weighted by Gasteiger charge is -2.21. The fourth-order valence-electron chi connectivity index (χ4n) is 2.28. The molecule has 0 aliphatic carbocycles. The molecule has 5 nitrogen and oxygen atoms in total. The molecule has 20 heavy (non-hydrogen) atoms. The molecule has 1 saturated heterocycles. The molecule has 1 aliphatic heterocycles. The first-order valence-corrected chi connectivity index (χ1v) is 6.03. The summed E-state index contributed by atoms with van der Waals surface area (Å²) < 4.78 is 26.9. The maximum atomic E-state index is 13.5. The van der Waals surface area contributed by atoms with Crippen LogP contribution in [0.2, 0.25) is 0 Å². The monoisotopic (exact) mass is 285 g/mol. The van der Waals surface area contributed by atoms with Crippen LogP contribution in [0.1, 0.15) is 12.0 Å². The van der Waals surface area contributed by atoms with Crippen LogP contribution < -0.4 is 0 Å². The van der Waals surface area contributed by atoms with Crippen LogP contribution >= 0.6 is 0 Å². The van der Waals surface area contributed by atoms with E-state index in [1.54, 1.807) is 0 Å². The number of aliphatic hydroxyl groups excluding tert-OH is 1. The molecule has 0 bridgehead atoms. The lowest BCUT2D eigenvalue weighted by Crippen LogP contribution is -2.41. The average molecular weight is 285 g/mol. The van der Waals surface area contributed by atoms with Crippen molar-refractivity contribution in [1.29, 1.82) is 0 Å². The first kappa shape index (κ1) is 14.4. The number of halogens is 2. The Bertz CT molecular complexity index is 529. The summed E-state index contributed by atoms with van der Waals surface area (Å²) in [5, 5.41) is 18.4. The van der Waals surface area contributed by atoms with Crippen LogP contribution in [0.3, 0.4) is 0 Å². The number of rotatable bonds is 3. The Labute approximate surface area is 113 Å². The van der Waals surface area contributed by atoms with Gasteiger partial charge in [0.05, 0.1) is 12.5 Å². The molecule has 0 spiro atoms. The second-order valence-electron chi connectivity index (χ2n) is 4.67. The van der Waals surface area contributed by atoms with E-state index in [1.807, 2.05) is 0 Å². The van der Waals surface area contributed by atoms with Gasteiger partial charge in [-0.2, -0.15) is 0 Å². The number of nitrogens with zero attached hydrogens (tertiary/aromatic N) is 1. The van der Waals surface area contributed by atoms with E-state index in [1.165, 1.54) is 6.07 Å². The number of carbonyl (C=O) groups excluding carboxylic acids is 1. The molecule has 0 aromatic heterocycles. The van der Waals surface area contributed by atoms with E-state index < -0.39 is 47.6 Å². The van der Waals surface area contributed by atoms with E-state index in [2.05, 4.69) is 0 Å². The largest absolute Gasteiger partial charge is 0.480 e. The van der Waals surface area contributed by atoms with Crippen molar-refractivity contribution >= 4 is 11.9 Å². The van der Waals surface area contributed by atoms with Gasteiger partial charge >= 0.3 is 5.97 Å². The summed E-state index contributed by atoms with van der Waals surface area (Å²) in [6, 6.07) is 2.07. The van der Waals surface area contributed by atoms with Gasteiger partial charge in [0, 0.05) is 18.5 Å². The van der Waals surface area contributed by atoms with Crippen LogP contribution in [-0.2, 0) is 16.0 Å². The van der Waals surface area contributed by atoms with Gasteiger partial charge < -0.3 is 15.1 Å². The zero-order valence-corrected chi connectivity index (χ0v) is 10.4. The fraction of sp³-hybridized carbons (Fsp3) is 0.385. The van der Waals surface area contributed by atoms with E-state index in [0.717, 1.165) is 17.0 Å². The van der Waals surface area contributed by atoms with Crippen LogP contribution in [0.5, 0.6) is 0 Å². The quantitative estimate of drug-likeness (QED) is 0.850. The highest BCUT2D eigenvalue weighted by Crippen LogP contribution is 2.21. The molecule has 108 valence electrons. The second kappa shape index (κ2) is 5.54. The Morgan fingerprint density at radius 2 is 1.90 bits per heavy atom. The predicted molar refractivity (Wildman–Crippen MR) is 63.8 cm³/mol. The Kier molecular flexibility index (Phi) is 3.99. The van der Waals surface area contributed by atoms with Crippen molar-refractivity contribution in [3.05, 3.63) is 35.4 Å². The third-order valence-electron chi connectivity index (χ3n) is 3.27. The minimum Gasteiger partial charge on any atom is -0.480 e. The lowest BCUT2D eigenvalue weighted by molar-refractivity contribution is -0.148. The van der Waals surface area contributed by atoms with Crippen molar-refractivity contribution in [1.82, 2.24) is 4.90 Å². The molecule has 2 N–H and O–H groups in total. The molecule has 2 atom stereocenters. The summed E-state index contributed by atoms with van der Waals surface area (Å²) >= 11 is 0. The van der Waals surface area contributed by atoms with E-state index in [4.69, 9.17) is 5.11 Å². The molecule has 2 rings (SSSR count). The number of carbonyl (C=O) groups is 2. The van der Waals surface area contributed by atoms with Gasteiger partial charge in [-0.15, -0.1) is 0 Å². The molecule has 0 saturated carbocycles. The van der Waals surface area contributed by atoms with Gasteiger partial charge in [0.15, 0.2) is 0 Å². The molecule has 1 fully saturated rings. The highest BCUT2D eigenvalue weighted by atomic mass is 19.1. The molecule has 1 aromatic rings.